The number of fused-ring (bicyclic) bond motifs is 1. The van der Waals surface area contributed by atoms with Crippen LogP contribution in [0.5, 0.6) is 23.1 Å². The number of rotatable bonds is 6. The maximum atomic E-state index is 10.4. The number of phenolic OH excluding ortho intramolecular Hbond substituents is 2. The molecule has 28 heavy (non-hydrogen) atoms. The van der Waals surface area contributed by atoms with Crippen molar-refractivity contribution < 1.29 is 29.5 Å². The maximum absolute atomic E-state index is 10.4. The lowest BCUT2D eigenvalue weighted by Crippen LogP contribution is -2.20. The van der Waals surface area contributed by atoms with Crippen LogP contribution < -0.4 is 9.47 Å². The van der Waals surface area contributed by atoms with Gasteiger partial charge in [0.25, 0.3) is 0 Å². The summed E-state index contributed by atoms with van der Waals surface area (Å²) in [5.74, 6) is 1.71. The van der Waals surface area contributed by atoms with Gasteiger partial charge in [-0.1, -0.05) is 0 Å². The van der Waals surface area contributed by atoms with E-state index in [1.54, 1.807) is 32.2 Å². The van der Waals surface area contributed by atoms with Gasteiger partial charge in [-0.25, -0.2) is 4.98 Å². The summed E-state index contributed by atoms with van der Waals surface area (Å²) in [6.07, 6.45) is 2.71. The Morgan fingerprint density at radius 2 is 1.89 bits per heavy atom. The molecular weight excluding hydrogens is 362 g/mol. The van der Waals surface area contributed by atoms with E-state index in [0.29, 0.717) is 59.1 Å². The summed E-state index contributed by atoms with van der Waals surface area (Å²) >= 11 is 0. The summed E-state index contributed by atoms with van der Waals surface area (Å²) in [5.41, 5.74) is 0.844. The number of ether oxygens (including phenoxy) is 3. The molecule has 0 bridgehead atoms. The van der Waals surface area contributed by atoms with E-state index >= 15 is 0 Å². The molecule has 0 atom stereocenters. The summed E-state index contributed by atoms with van der Waals surface area (Å²) in [7, 11) is 3.07. The topological polar surface area (TPSA) is 101 Å². The van der Waals surface area contributed by atoms with Crippen LogP contribution in [0.1, 0.15) is 37.0 Å². The molecule has 0 aliphatic carbocycles. The Balaban J connectivity index is 2.04. The molecule has 1 aliphatic rings. The SMILES string of the molecule is COC1=C(c2ccc(OC)nc2)Oc2c(CCC(C)(C)O)c(O)cc(O)c2C1. The van der Waals surface area contributed by atoms with E-state index in [4.69, 9.17) is 14.2 Å². The molecular formula is C21H25NO6. The van der Waals surface area contributed by atoms with Crippen LogP contribution in [-0.2, 0) is 17.6 Å². The second kappa shape index (κ2) is 7.59. The van der Waals surface area contributed by atoms with Crippen molar-refractivity contribution >= 4 is 5.76 Å². The average molecular weight is 387 g/mol. The minimum Gasteiger partial charge on any atom is -0.507 e. The molecule has 2 heterocycles. The maximum Gasteiger partial charge on any atom is 0.212 e. The summed E-state index contributed by atoms with van der Waals surface area (Å²) in [4.78, 5) is 4.20. The first-order valence-electron chi connectivity index (χ1n) is 8.98. The number of allylic oxidation sites excluding steroid dienone is 1. The molecule has 2 aromatic rings. The van der Waals surface area contributed by atoms with Crippen molar-refractivity contribution in [2.75, 3.05) is 14.2 Å². The number of aromatic nitrogens is 1. The minimum absolute atomic E-state index is 0.0686. The Morgan fingerprint density at radius 3 is 2.46 bits per heavy atom. The largest absolute Gasteiger partial charge is 0.507 e. The summed E-state index contributed by atoms with van der Waals surface area (Å²) < 4.78 is 16.7. The van der Waals surface area contributed by atoms with Crippen molar-refractivity contribution in [3.05, 3.63) is 46.8 Å². The first-order valence-corrected chi connectivity index (χ1v) is 8.98. The van der Waals surface area contributed by atoms with Crippen LogP contribution in [-0.4, -0.2) is 40.1 Å². The molecule has 0 spiro atoms. The van der Waals surface area contributed by atoms with Gasteiger partial charge in [-0.2, -0.15) is 0 Å². The fourth-order valence-electron chi connectivity index (χ4n) is 3.11. The van der Waals surface area contributed by atoms with Crippen LogP contribution in [0.3, 0.4) is 0 Å². The van der Waals surface area contributed by atoms with Crippen molar-refractivity contribution in [2.45, 2.75) is 38.7 Å². The number of pyridine rings is 1. The number of hydrogen-bond donors (Lipinski definition) is 3. The second-order valence-electron chi connectivity index (χ2n) is 7.34. The summed E-state index contributed by atoms with van der Waals surface area (Å²) in [6, 6.07) is 4.81. The van der Waals surface area contributed by atoms with E-state index in [0.717, 1.165) is 0 Å². The summed E-state index contributed by atoms with van der Waals surface area (Å²) in [6.45, 7) is 3.41. The third-order valence-electron chi connectivity index (χ3n) is 4.68. The molecule has 1 aromatic carbocycles. The van der Waals surface area contributed by atoms with E-state index in [9.17, 15) is 15.3 Å². The first-order chi connectivity index (χ1) is 13.2. The Morgan fingerprint density at radius 1 is 1.14 bits per heavy atom. The Labute approximate surface area is 163 Å². The third kappa shape index (κ3) is 3.99. The van der Waals surface area contributed by atoms with Crippen LogP contribution >= 0.6 is 0 Å². The molecule has 7 nitrogen and oxygen atoms in total. The molecule has 0 radical (unpaired) electrons. The van der Waals surface area contributed by atoms with Crippen molar-refractivity contribution in [3.8, 4) is 23.1 Å². The van der Waals surface area contributed by atoms with Gasteiger partial charge in [-0.05, 0) is 32.8 Å². The lowest BCUT2D eigenvalue weighted by molar-refractivity contribution is 0.0711. The number of aromatic hydroxyl groups is 2. The smallest absolute Gasteiger partial charge is 0.212 e. The molecule has 0 fully saturated rings. The molecule has 0 amide bonds. The summed E-state index contributed by atoms with van der Waals surface area (Å²) in [5, 5.41) is 30.8. The number of phenols is 2. The van der Waals surface area contributed by atoms with Crippen molar-refractivity contribution in [1.29, 1.82) is 0 Å². The molecule has 7 heteroatoms. The highest BCUT2D eigenvalue weighted by Crippen LogP contribution is 2.46. The first kappa shape index (κ1) is 19.8. The molecule has 3 N–H and O–H groups in total. The molecule has 3 rings (SSSR count). The van der Waals surface area contributed by atoms with Gasteiger partial charge < -0.3 is 29.5 Å². The quantitative estimate of drug-likeness (QED) is 0.700. The molecule has 1 aliphatic heterocycles. The second-order valence-corrected chi connectivity index (χ2v) is 7.34. The third-order valence-corrected chi connectivity index (χ3v) is 4.68. The zero-order valence-corrected chi connectivity index (χ0v) is 16.4. The van der Waals surface area contributed by atoms with Gasteiger partial charge >= 0.3 is 0 Å². The van der Waals surface area contributed by atoms with Gasteiger partial charge in [-0.3, -0.25) is 0 Å². The average Bonchev–Trinajstić information content (AvgIpc) is 2.66. The van der Waals surface area contributed by atoms with Gasteiger partial charge in [0, 0.05) is 41.4 Å². The van der Waals surface area contributed by atoms with Crippen LogP contribution in [0, 0.1) is 0 Å². The lowest BCUT2D eigenvalue weighted by atomic mass is 9.93. The number of hydrogen-bond acceptors (Lipinski definition) is 7. The number of nitrogens with zero attached hydrogens (tertiary/aromatic N) is 1. The predicted octanol–water partition coefficient (Wildman–Crippen LogP) is 3.16. The van der Waals surface area contributed by atoms with Crippen LogP contribution in [0.25, 0.3) is 5.76 Å². The monoisotopic (exact) mass is 387 g/mol. The van der Waals surface area contributed by atoms with Crippen molar-refractivity contribution in [2.24, 2.45) is 0 Å². The van der Waals surface area contributed by atoms with Gasteiger partial charge in [0.05, 0.1) is 19.8 Å². The standard InChI is InChI=1S/C21H25NO6/c1-21(2,25)8-7-13-15(23)10-16(24)14-9-17(26-3)19(28-20(13)14)12-5-6-18(27-4)22-11-12/h5-6,10-11,23-25H,7-9H2,1-4H3. The zero-order valence-electron chi connectivity index (χ0n) is 16.4. The Kier molecular flexibility index (Phi) is 5.38. The highest BCUT2D eigenvalue weighted by Gasteiger charge is 2.29. The minimum atomic E-state index is -0.901. The van der Waals surface area contributed by atoms with Gasteiger partial charge in [-0.15, -0.1) is 0 Å². The van der Waals surface area contributed by atoms with E-state index in [1.165, 1.54) is 20.3 Å². The molecule has 150 valence electrons. The number of methoxy groups -OCH3 is 2. The van der Waals surface area contributed by atoms with E-state index < -0.39 is 5.60 Å². The lowest BCUT2D eigenvalue weighted by Gasteiger charge is -2.27. The highest BCUT2D eigenvalue weighted by molar-refractivity contribution is 5.71. The number of aliphatic hydroxyl groups is 1. The Hall–Kier alpha value is -2.93. The van der Waals surface area contributed by atoms with Gasteiger partial charge in [0.1, 0.15) is 23.0 Å². The van der Waals surface area contributed by atoms with Gasteiger partial charge in [0.15, 0.2) is 5.76 Å². The van der Waals surface area contributed by atoms with E-state index in [-0.39, 0.29) is 11.5 Å². The fraction of sp³-hybridized carbons (Fsp3) is 0.381. The Bertz CT molecular complexity index is 897. The number of benzene rings is 1. The molecule has 0 saturated carbocycles. The van der Waals surface area contributed by atoms with Crippen molar-refractivity contribution in [1.82, 2.24) is 4.98 Å². The zero-order chi connectivity index (χ0) is 20.5. The predicted molar refractivity (Wildman–Crippen MR) is 103 cm³/mol. The fourth-order valence-corrected chi connectivity index (χ4v) is 3.11. The van der Waals surface area contributed by atoms with Gasteiger partial charge in [0.2, 0.25) is 5.88 Å². The van der Waals surface area contributed by atoms with Crippen LogP contribution in [0.2, 0.25) is 0 Å². The highest BCUT2D eigenvalue weighted by atomic mass is 16.5. The van der Waals surface area contributed by atoms with E-state index in [1.807, 2.05) is 0 Å². The van der Waals surface area contributed by atoms with Crippen LogP contribution in [0.15, 0.2) is 30.2 Å². The van der Waals surface area contributed by atoms with Crippen LogP contribution in [0.4, 0.5) is 0 Å². The molecule has 1 aromatic heterocycles. The van der Waals surface area contributed by atoms with Crippen molar-refractivity contribution in [3.63, 3.8) is 0 Å². The normalized spacial score (nSPS) is 13.8. The van der Waals surface area contributed by atoms with E-state index in [2.05, 4.69) is 4.98 Å². The molecule has 0 unspecified atom stereocenters. The molecule has 0 saturated heterocycles.